The SMILES string of the molecule is CCCn1c(C)cc(/C=C(\C#N)C(=O)OCC(=O)Nc2cc(S(=O)(=O)N3CCOCC3)ccc2OC)c1C. The minimum Gasteiger partial charge on any atom is -0.495 e. The number of aryl methyl sites for hydroxylation is 1. The summed E-state index contributed by atoms with van der Waals surface area (Å²) in [5.74, 6) is -1.44. The van der Waals surface area contributed by atoms with Crippen molar-refractivity contribution in [3.63, 3.8) is 0 Å². The van der Waals surface area contributed by atoms with E-state index in [1.807, 2.05) is 26.0 Å². The first-order valence-corrected chi connectivity index (χ1v) is 13.6. The second-order valence-electron chi connectivity index (χ2n) is 8.65. The van der Waals surface area contributed by atoms with Crippen LogP contribution < -0.4 is 10.1 Å². The average molecular weight is 545 g/mol. The van der Waals surface area contributed by atoms with Crippen molar-refractivity contribution in [3.8, 4) is 11.8 Å². The monoisotopic (exact) mass is 544 g/mol. The van der Waals surface area contributed by atoms with Gasteiger partial charge in [-0.15, -0.1) is 0 Å². The van der Waals surface area contributed by atoms with E-state index in [4.69, 9.17) is 14.2 Å². The van der Waals surface area contributed by atoms with Crippen LogP contribution in [0.3, 0.4) is 0 Å². The van der Waals surface area contributed by atoms with Crippen LogP contribution in [0.25, 0.3) is 6.08 Å². The summed E-state index contributed by atoms with van der Waals surface area (Å²) in [6, 6.07) is 7.82. The summed E-state index contributed by atoms with van der Waals surface area (Å²) in [6.07, 6.45) is 2.38. The minimum absolute atomic E-state index is 0.0251. The zero-order valence-electron chi connectivity index (χ0n) is 21.9. The number of carbonyl (C=O) groups is 2. The fraction of sp³-hybridized carbons (Fsp3) is 0.423. The van der Waals surface area contributed by atoms with Gasteiger partial charge >= 0.3 is 5.97 Å². The number of nitriles is 1. The van der Waals surface area contributed by atoms with Crippen LogP contribution in [-0.4, -0.2) is 69.2 Å². The second kappa shape index (κ2) is 12.7. The molecule has 1 saturated heterocycles. The number of morpholine rings is 1. The van der Waals surface area contributed by atoms with Gasteiger partial charge in [-0.25, -0.2) is 13.2 Å². The molecule has 1 aliphatic heterocycles. The van der Waals surface area contributed by atoms with Crippen molar-refractivity contribution in [3.05, 3.63) is 46.8 Å². The molecule has 2 aromatic rings. The van der Waals surface area contributed by atoms with Gasteiger partial charge in [0.05, 0.1) is 30.9 Å². The molecule has 38 heavy (non-hydrogen) atoms. The number of methoxy groups -OCH3 is 1. The molecule has 1 fully saturated rings. The Kier molecular flexibility index (Phi) is 9.68. The van der Waals surface area contributed by atoms with Crippen molar-refractivity contribution in [1.82, 2.24) is 8.87 Å². The molecule has 0 aliphatic carbocycles. The molecule has 204 valence electrons. The van der Waals surface area contributed by atoms with Gasteiger partial charge in [-0.1, -0.05) is 6.92 Å². The van der Waals surface area contributed by atoms with E-state index in [1.54, 1.807) is 0 Å². The molecule has 0 unspecified atom stereocenters. The lowest BCUT2D eigenvalue weighted by Gasteiger charge is -2.26. The molecular formula is C26H32N4O7S. The molecule has 0 radical (unpaired) electrons. The first-order chi connectivity index (χ1) is 18.1. The standard InChI is InChI=1S/C26H32N4O7S/c1-5-8-30-18(2)13-20(19(30)3)14-21(16-27)26(32)37-17-25(31)28-23-15-22(6-7-24(23)35-4)38(33,34)29-9-11-36-12-10-29/h6-7,13-15H,5,8-12,17H2,1-4H3,(H,28,31)/b21-14+. The van der Waals surface area contributed by atoms with Gasteiger partial charge in [0.25, 0.3) is 5.91 Å². The van der Waals surface area contributed by atoms with Gasteiger partial charge in [0.2, 0.25) is 10.0 Å². The van der Waals surface area contributed by atoms with Crippen molar-refractivity contribution < 1.29 is 32.2 Å². The predicted octanol–water partition coefficient (Wildman–Crippen LogP) is 2.63. The minimum atomic E-state index is -3.81. The van der Waals surface area contributed by atoms with Gasteiger partial charge in [0.15, 0.2) is 6.61 Å². The number of nitrogens with one attached hydrogen (secondary N) is 1. The lowest BCUT2D eigenvalue weighted by Crippen LogP contribution is -2.40. The summed E-state index contributed by atoms with van der Waals surface area (Å²) in [6.45, 7) is 7.10. The van der Waals surface area contributed by atoms with E-state index in [9.17, 15) is 23.3 Å². The molecule has 0 saturated carbocycles. The third-order valence-corrected chi connectivity index (χ3v) is 7.98. The third-order valence-electron chi connectivity index (χ3n) is 6.09. The van der Waals surface area contributed by atoms with Crippen molar-refractivity contribution in [2.45, 2.75) is 38.6 Å². The summed E-state index contributed by atoms with van der Waals surface area (Å²) in [5, 5.41) is 12.0. The summed E-state index contributed by atoms with van der Waals surface area (Å²) in [7, 11) is -2.43. The van der Waals surface area contributed by atoms with Crippen molar-refractivity contribution in [2.75, 3.05) is 45.3 Å². The first kappa shape index (κ1) is 28.9. The van der Waals surface area contributed by atoms with Gasteiger partial charge in [0.1, 0.15) is 17.4 Å². The molecule has 1 aromatic heterocycles. The molecule has 3 rings (SSSR count). The maximum absolute atomic E-state index is 13.0. The fourth-order valence-electron chi connectivity index (χ4n) is 4.11. The van der Waals surface area contributed by atoms with Crippen LogP contribution in [0, 0.1) is 25.2 Å². The number of rotatable bonds is 10. The Hall–Kier alpha value is -3.66. The highest BCUT2D eigenvalue weighted by atomic mass is 32.2. The van der Waals surface area contributed by atoms with Crippen molar-refractivity contribution in [1.29, 1.82) is 5.26 Å². The number of ether oxygens (including phenoxy) is 3. The lowest BCUT2D eigenvalue weighted by molar-refractivity contribution is -0.142. The zero-order chi connectivity index (χ0) is 27.9. The molecule has 1 N–H and O–H groups in total. The number of benzene rings is 1. The summed E-state index contributed by atoms with van der Waals surface area (Å²) in [5.41, 5.74) is 2.50. The van der Waals surface area contributed by atoms with Crippen LogP contribution in [0.4, 0.5) is 5.69 Å². The van der Waals surface area contributed by atoms with E-state index in [-0.39, 0.29) is 35.0 Å². The highest BCUT2D eigenvalue weighted by Crippen LogP contribution is 2.29. The zero-order valence-corrected chi connectivity index (χ0v) is 22.8. The number of sulfonamides is 1. The Morgan fingerprint density at radius 2 is 1.92 bits per heavy atom. The van der Waals surface area contributed by atoms with E-state index < -0.39 is 28.5 Å². The molecule has 1 amide bonds. The number of aromatic nitrogens is 1. The number of hydrogen-bond acceptors (Lipinski definition) is 8. The van der Waals surface area contributed by atoms with E-state index in [1.165, 1.54) is 35.7 Å². The summed E-state index contributed by atoms with van der Waals surface area (Å²) >= 11 is 0. The van der Waals surface area contributed by atoms with Crippen molar-refractivity contribution >= 4 is 33.7 Å². The second-order valence-corrected chi connectivity index (χ2v) is 10.6. The van der Waals surface area contributed by atoms with Crippen LogP contribution in [0.1, 0.15) is 30.3 Å². The molecule has 1 aliphatic rings. The Morgan fingerprint density at radius 1 is 1.21 bits per heavy atom. The fourth-order valence-corrected chi connectivity index (χ4v) is 5.55. The largest absolute Gasteiger partial charge is 0.495 e. The number of amides is 1. The van der Waals surface area contributed by atoms with Gasteiger partial charge in [0, 0.05) is 31.0 Å². The Balaban J connectivity index is 1.70. The van der Waals surface area contributed by atoms with Crippen LogP contribution in [0.2, 0.25) is 0 Å². The molecular weight excluding hydrogens is 512 g/mol. The van der Waals surface area contributed by atoms with E-state index in [2.05, 4.69) is 16.8 Å². The topological polar surface area (TPSA) is 140 Å². The quantitative estimate of drug-likeness (QED) is 0.274. The van der Waals surface area contributed by atoms with Crippen LogP contribution in [0.15, 0.2) is 34.7 Å². The summed E-state index contributed by atoms with van der Waals surface area (Å²) in [4.78, 5) is 25.1. The molecule has 0 spiro atoms. The normalized spacial score (nSPS) is 14.6. The van der Waals surface area contributed by atoms with E-state index in [0.29, 0.717) is 13.2 Å². The highest BCUT2D eigenvalue weighted by molar-refractivity contribution is 7.89. The molecule has 0 atom stereocenters. The van der Waals surface area contributed by atoms with Gasteiger partial charge in [-0.2, -0.15) is 9.57 Å². The summed E-state index contributed by atoms with van der Waals surface area (Å²) < 4.78 is 44.9. The number of carbonyl (C=O) groups excluding carboxylic acids is 2. The lowest BCUT2D eigenvalue weighted by atomic mass is 10.1. The molecule has 12 heteroatoms. The van der Waals surface area contributed by atoms with Gasteiger partial charge in [-0.3, -0.25) is 4.79 Å². The Bertz CT molecular complexity index is 1370. The first-order valence-electron chi connectivity index (χ1n) is 12.1. The van der Waals surface area contributed by atoms with Crippen molar-refractivity contribution in [2.24, 2.45) is 0 Å². The van der Waals surface area contributed by atoms with Crippen LogP contribution in [0.5, 0.6) is 5.75 Å². The maximum atomic E-state index is 13.0. The molecule has 0 bridgehead atoms. The molecule has 11 nitrogen and oxygen atoms in total. The third kappa shape index (κ3) is 6.61. The van der Waals surface area contributed by atoms with E-state index >= 15 is 0 Å². The van der Waals surface area contributed by atoms with Gasteiger partial charge in [-0.05, 0) is 56.2 Å². The maximum Gasteiger partial charge on any atom is 0.349 e. The molecule has 2 heterocycles. The van der Waals surface area contributed by atoms with E-state index in [0.717, 1.165) is 29.9 Å². The number of nitrogens with zero attached hydrogens (tertiary/aromatic N) is 3. The molecule has 1 aromatic carbocycles. The Morgan fingerprint density at radius 3 is 2.55 bits per heavy atom. The smallest absolute Gasteiger partial charge is 0.349 e. The highest BCUT2D eigenvalue weighted by Gasteiger charge is 2.27. The predicted molar refractivity (Wildman–Crippen MR) is 140 cm³/mol. The average Bonchev–Trinajstić information content (AvgIpc) is 3.18. The number of esters is 1. The van der Waals surface area contributed by atoms with Gasteiger partial charge < -0.3 is 24.1 Å². The number of hydrogen-bond donors (Lipinski definition) is 1. The Labute approximate surface area is 222 Å². The number of anilines is 1. The van der Waals surface area contributed by atoms with Crippen LogP contribution in [-0.2, 0) is 35.6 Å². The van der Waals surface area contributed by atoms with Crippen LogP contribution >= 0.6 is 0 Å².